The van der Waals surface area contributed by atoms with Gasteiger partial charge in [0.1, 0.15) is 5.82 Å². The van der Waals surface area contributed by atoms with Crippen molar-refractivity contribution >= 4 is 17.5 Å². The van der Waals surface area contributed by atoms with Gasteiger partial charge in [-0.05, 0) is 68.3 Å². The number of nitrogens with zero attached hydrogens (tertiary/aromatic N) is 1. The van der Waals surface area contributed by atoms with Gasteiger partial charge in [-0.15, -0.1) is 0 Å². The lowest BCUT2D eigenvalue weighted by atomic mass is 9.82. The lowest BCUT2D eigenvalue weighted by Gasteiger charge is -2.41. The zero-order chi connectivity index (χ0) is 23.0. The molecule has 2 amide bonds. The summed E-state index contributed by atoms with van der Waals surface area (Å²) in [5, 5.41) is 9.10. The van der Waals surface area contributed by atoms with Crippen LogP contribution in [0.3, 0.4) is 0 Å². The minimum Gasteiger partial charge on any atom is -0.356 e. The lowest BCUT2D eigenvalue weighted by Crippen LogP contribution is -2.57. The van der Waals surface area contributed by atoms with Gasteiger partial charge in [-0.3, -0.25) is 14.6 Å². The molecule has 7 nitrogen and oxygen atoms in total. The maximum Gasteiger partial charge on any atom is 0.253 e. The summed E-state index contributed by atoms with van der Waals surface area (Å²) in [6.07, 6.45) is 5.94. The first-order valence-corrected chi connectivity index (χ1v) is 11.0. The van der Waals surface area contributed by atoms with Crippen LogP contribution in [0.1, 0.15) is 35.3 Å². The van der Waals surface area contributed by atoms with E-state index in [0.717, 1.165) is 48.8 Å². The number of anilines is 1. The first-order chi connectivity index (χ1) is 16.0. The zero-order valence-corrected chi connectivity index (χ0v) is 18.0. The maximum absolute atomic E-state index is 14.1. The Morgan fingerprint density at radius 2 is 2.06 bits per heavy atom. The summed E-state index contributed by atoms with van der Waals surface area (Å²) in [4.78, 5) is 32.1. The zero-order valence-electron chi connectivity index (χ0n) is 18.0. The molecule has 0 saturated carbocycles. The smallest absolute Gasteiger partial charge is 0.253 e. The number of halogens is 1. The molecule has 0 bridgehead atoms. The van der Waals surface area contributed by atoms with Crippen molar-refractivity contribution in [2.45, 2.75) is 24.8 Å². The van der Waals surface area contributed by atoms with E-state index in [1.165, 1.54) is 12.1 Å². The topological polar surface area (TPSA) is 98.9 Å². The van der Waals surface area contributed by atoms with E-state index in [0.29, 0.717) is 23.4 Å². The molecular weight excluding hydrogens is 421 g/mol. The predicted octanol–water partition coefficient (Wildman–Crippen LogP) is 3.72. The van der Waals surface area contributed by atoms with E-state index in [2.05, 4.69) is 32.5 Å². The SMILES string of the molecule is C=CC(=O)Nc1cc(-c2cc(-c3cc4c([nH]3)C3(CCCCN3)CNC4=O)ccn2)ccc1F. The fourth-order valence-electron chi connectivity index (χ4n) is 4.63. The summed E-state index contributed by atoms with van der Waals surface area (Å²) in [5.74, 6) is -1.12. The van der Waals surface area contributed by atoms with Crippen molar-refractivity contribution in [3.05, 3.63) is 72.3 Å². The van der Waals surface area contributed by atoms with Crippen molar-refractivity contribution in [1.29, 1.82) is 0 Å². The second kappa shape index (κ2) is 8.29. The molecule has 168 valence electrons. The Morgan fingerprint density at radius 3 is 2.85 bits per heavy atom. The van der Waals surface area contributed by atoms with Crippen LogP contribution in [-0.2, 0) is 10.3 Å². The van der Waals surface area contributed by atoms with Crippen molar-refractivity contribution in [2.75, 3.05) is 18.4 Å². The first kappa shape index (κ1) is 21.1. The molecule has 2 aliphatic rings. The molecular formula is C25H24FN5O2. The Hall–Kier alpha value is -3.78. The van der Waals surface area contributed by atoms with Gasteiger partial charge in [0.25, 0.3) is 5.91 Å². The number of carbonyl (C=O) groups is 2. The fourth-order valence-corrected chi connectivity index (χ4v) is 4.63. The Balaban J connectivity index is 1.52. The van der Waals surface area contributed by atoms with Crippen LogP contribution in [-0.4, -0.2) is 34.9 Å². The highest BCUT2D eigenvalue weighted by molar-refractivity contribution is 5.99. The van der Waals surface area contributed by atoms with E-state index in [1.54, 1.807) is 12.3 Å². The number of benzene rings is 1. The van der Waals surface area contributed by atoms with Crippen LogP contribution >= 0.6 is 0 Å². The average Bonchev–Trinajstić information content (AvgIpc) is 3.31. The number of amides is 2. The molecule has 5 rings (SSSR count). The number of hydrogen-bond acceptors (Lipinski definition) is 4. The molecule has 8 heteroatoms. The van der Waals surface area contributed by atoms with E-state index in [4.69, 9.17) is 0 Å². The predicted molar refractivity (Wildman–Crippen MR) is 124 cm³/mol. The first-order valence-electron chi connectivity index (χ1n) is 11.0. The summed E-state index contributed by atoms with van der Waals surface area (Å²) in [5.41, 5.74) is 4.30. The van der Waals surface area contributed by atoms with Crippen molar-refractivity contribution in [3.63, 3.8) is 0 Å². The quantitative estimate of drug-likeness (QED) is 0.460. The minimum absolute atomic E-state index is 0.0573. The number of rotatable bonds is 4. The average molecular weight is 445 g/mol. The van der Waals surface area contributed by atoms with Gasteiger partial charge in [0.05, 0.1) is 28.2 Å². The molecule has 2 aromatic heterocycles. The molecule has 0 radical (unpaired) electrons. The number of aromatic amines is 1. The molecule has 1 atom stereocenters. The molecule has 0 aliphatic carbocycles. The van der Waals surface area contributed by atoms with E-state index in [9.17, 15) is 14.0 Å². The molecule has 1 unspecified atom stereocenters. The monoisotopic (exact) mass is 445 g/mol. The Labute approximate surface area is 190 Å². The molecule has 33 heavy (non-hydrogen) atoms. The molecule has 1 spiro atoms. The van der Waals surface area contributed by atoms with Gasteiger partial charge in [-0.1, -0.05) is 6.58 Å². The molecule has 3 aromatic rings. The third-order valence-electron chi connectivity index (χ3n) is 6.36. The van der Waals surface area contributed by atoms with E-state index >= 15 is 0 Å². The van der Waals surface area contributed by atoms with Crippen LogP contribution in [0.15, 0.2) is 55.3 Å². The van der Waals surface area contributed by atoms with Crippen LogP contribution in [0.5, 0.6) is 0 Å². The molecule has 1 aromatic carbocycles. The Morgan fingerprint density at radius 1 is 1.18 bits per heavy atom. The second-order valence-corrected chi connectivity index (χ2v) is 8.44. The van der Waals surface area contributed by atoms with Crippen LogP contribution in [0.4, 0.5) is 10.1 Å². The third-order valence-corrected chi connectivity index (χ3v) is 6.36. The summed E-state index contributed by atoms with van der Waals surface area (Å²) >= 11 is 0. The van der Waals surface area contributed by atoms with Crippen LogP contribution in [0.2, 0.25) is 0 Å². The van der Waals surface area contributed by atoms with Crippen LogP contribution in [0.25, 0.3) is 22.5 Å². The second-order valence-electron chi connectivity index (χ2n) is 8.44. The number of aromatic nitrogens is 2. The molecule has 1 saturated heterocycles. The summed E-state index contributed by atoms with van der Waals surface area (Å²) in [6.45, 7) is 4.87. The van der Waals surface area contributed by atoms with E-state index in [-0.39, 0.29) is 17.1 Å². The van der Waals surface area contributed by atoms with Gasteiger partial charge >= 0.3 is 0 Å². The summed E-state index contributed by atoms with van der Waals surface area (Å²) < 4.78 is 14.1. The van der Waals surface area contributed by atoms with Crippen molar-refractivity contribution in [2.24, 2.45) is 0 Å². The van der Waals surface area contributed by atoms with Gasteiger partial charge in [-0.2, -0.15) is 0 Å². The summed E-state index contributed by atoms with van der Waals surface area (Å²) in [6, 6.07) is 10.1. The fraction of sp³-hybridized carbons (Fsp3) is 0.240. The van der Waals surface area contributed by atoms with Crippen molar-refractivity contribution < 1.29 is 14.0 Å². The minimum atomic E-state index is -0.543. The highest BCUT2D eigenvalue weighted by Crippen LogP contribution is 2.37. The standard InChI is InChI=1S/C25H24FN5O2/c1-2-22(32)30-21-12-15(5-6-18(21)26)19-11-16(7-10-27-19)20-13-17-23(31-20)25(14-28-24(17)33)8-3-4-9-29-25/h2,5-7,10-13,29,31H,1,3-4,8-9,14H2,(H,28,33)(H,30,32). The van der Waals surface area contributed by atoms with Gasteiger partial charge in [0.2, 0.25) is 5.91 Å². The van der Waals surface area contributed by atoms with Crippen LogP contribution in [0, 0.1) is 5.82 Å². The van der Waals surface area contributed by atoms with Crippen LogP contribution < -0.4 is 16.0 Å². The number of fused-ring (bicyclic) bond motifs is 2. The number of nitrogens with one attached hydrogen (secondary N) is 4. The number of H-pyrrole nitrogens is 1. The van der Waals surface area contributed by atoms with Gasteiger partial charge in [-0.25, -0.2) is 4.39 Å². The number of pyridine rings is 1. The molecule has 2 aliphatic heterocycles. The van der Waals surface area contributed by atoms with Gasteiger partial charge < -0.3 is 20.9 Å². The Kier molecular flexibility index (Phi) is 5.30. The highest BCUT2D eigenvalue weighted by atomic mass is 19.1. The van der Waals surface area contributed by atoms with Crippen molar-refractivity contribution in [3.8, 4) is 22.5 Å². The van der Waals surface area contributed by atoms with E-state index in [1.807, 2.05) is 18.2 Å². The molecule has 4 heterocycles. The van der Waals surface area contributed by atoms with Crippen molar-refractivity contribution in [1.82, 2.24) is 20.6 Å². The van der Waals surface area contributed by atoms with Gasteiger partial charge in [0.15, 0.2) is 0 Å². The highest BCUT2D eigenvalue weighted by Gasteiger charge is 2.42. The molecule has 1 fully saturated rings. The maximum atomic E-state index is 14.1. The normalized spacial score (nSPS) is 19.6. The number of hydrogen-bond donors (Lipinski definition) is 4. The third kappa shape index (κ3) is 3.82. The number of carbonyl (C=O) groups excluding carboxylic acids is 2. The largest absolute Gasteiger partial charge is 0.356 e. The Bertz CT molecular complexity index is 1260. The van der Waals surface area contributed by atoms with Gasteiger partial charge in [0, 0.05) is 29.6 Å². The number of piperidine rings is 1. The summed E-state index contributed by atoms with van der Waals surface area (Å²) in [7, 11) is 0. The molecule has 4 N–H and O–H groups in total. The van der Waals surface area contributed by atoms with E-state index < -0.39 is 11.7 Å². The lowest BCUT2D eigenvalue weighted by molar-refractivity contribution is -0.111.